The highest BCUT2D eigenvalue weighted by molar-refractivity contribution is 5.94. The summed E-state index contributed by atoms with van der Waals surface area (Å²) < 4.78 is 4.48. The average Bonchev–Trinajstić information content (AvgIpc) is 2.37. The van der Waals surface area contributed by atoms with Crippen molar-refractivity contribution in [3.63, 3.8) is 0 Å². The van der Waals surface area contributed by atoms with E-state index in [-0.39, 0.29) is 13.1 Å². The monoisotopic (exact) mass is 274 g/mol. The highest BCUT2D eigenvalue weighted by Crippen LogP contribution is 1.93. The average molecular weight is 274 g/mol. The summed E-state index contributed by atoms with van der Waals surface area (Å²) in [5.74, 6) is -3.00. The minimum atomic E-state index is -1.02. The lowest BCUT2D eigenvalue weighted by atomic mass is 10.3. The molecular weight excluding hydrogens is 256 g/mol. The normalized spacial score (nSPS) is 13.1. The topological polar surface area (TPSA) is 154 Å². The van der Waals surface area contributed by atoms with Gasteiger partial charge in [0.1, 0.15) is 12.1 Å². The van der Waals surface area contributed by atoms with Gasteiger partial charge in [0.05, 0.1) is 13.1 Å². The first kappa shape index (κ1) is 17.0. The Hall–Kier alpha value is -2.00. The Morgan fingerprint density at radius 1 is 0.895 bits per heavy atom. The SMILES string of the molecule is C[C@H](NC(=O)CN)C(=O)OC(=O)[C@H](C)NC(=O)CN. The lowest BCUT2D eigenvalue weighted by Crippen LogP contribution is -2.46. The fraction of sp³-hybridized carbons (Fsp3) is 0.600. The van der Waals surface area contributed by atoms with Gasteiger partial charge in [-0.2, -0.15) is 0 Å². The van der Waals surface area contributed by atoms with Crippen LogP contribution in [0.3, 0.4) is 0 Å². The number of carbonyl (C=O) groups is 4. The van der Waals surface area contributed by atoms with Gasteiger partial charge in [-0.05, 0) is 13.8 Å². The van der Waals surface area contributed by atoms with Gasteiger partial charge in [0.15, 0.2) is 0 Å². The molecule has 6 N–H and O–H groups in total. The van der Waals surface area contributed by atoms with Gasteiger partial charge in [0.25, 0.3) is 0 Å². The van der Waals surface area contributed by atoms with Crippen molar-refractivity contribution in [1.29, 1.82) is 0 Å². The van der Waals surface area contributed by atoms with Crippen LogP contribution < -0.4 is 22.1 Å². The minimum absolute atomic E-state index is 0.283. The number of carbonyl (C=O) groups excluding carboxylic acids is 4. The standard InChI is InChI=1S/C10H18N4O5/c1-5(13-7(15)3-11)9(17)19-10(18)6(2)14-8(16)4-12/h5-6H,3-4,11-12H2,1-2H3,(H,13,15)(H,14,16)/t5-,6-/m0/s1. The molecule has 0 aliphatic carbocycles. The van der Waals surface area contributed by atoms with E-state index in [2.05, 4.69) is 15.4 Å². The molecule has 0 rings (SSSR count). The molecule has 0 saturated heterocycles. The second-order valence-corrected chi connectivity index (χ2v) is 3.73. The van der Waals surface area contributed by atoms with Crippen LogP contribution in [0.1, 0.15) is 13.8 Å². The fourth-order valence-electron chi connectivity index (χ4n) is 0.995. The van der Waals surface area contributed by atoms with Gasteiger partial charge in [0.2, 0.25) is 11.8 Å². The number of hydrogen-bond donors (Lipinski definition) is 4. The molecule has 2 atom stereocenters. The molecule has 0 bridgehead atoms. The van der Waals surface area contributed by atoms with Crippen molar-refractivity contribution in [2.24, 2.45) is 11.5 Å². The molecule has 0 radical (unpaired) electrons. The summed E-state index contributed by atoms with van der Waals surface area (Å²) in [4.78, 5) is 44.7. The molecule has 0 aliphatic rings. The van der Waals surface area contributed by atoms with Crippen LogP contribution in [0.15, 0.2) is 0 Å². The predicted octanol–water partition coefficient (Wildman–Crippen LogP) is -3.02. The van der Waals surface area contributed by atoms with E-state index in [0.29, 0.717) is 0 Å². The summed E-state index contributed by atoms with van der Waals surface area (Å²) in [6.07, 6.45) is 0. The number of ether oxygens (including phenoxy) is 1. The van der Waals surface area contributed by atoms with E-state index >= 15 is 0 Å². The van der Waals surface area contributed by atoms with Crippen molar-refractivity contribution in [3.05, 3.63) is 0 Å². The zero-order valence-electron chi connectivity index (χ0n) is 10.8. The molecule has 0 aromatic carbocycles. The number of amides is 2. The Morgan fingerprint density at radius 2 is 1.21 bits per heavy atom. The summed E-state index contributed by atoms with van der Waals surface area (Å²) in [7, 11) is 0. The molecule has 108 valence electrons. The van der Waals surface area contributed by atoms with Crippen LogP contribution in [0.25, 0.3) is 0 Å². The predicted molar refractivity (Wildman–Crippen MR) is 64.4 cm³/mol. The number of rotatable bonds is 6. The summed E-state index contributed by atoms with van der Waals surface area (Å²) in [5.41, 5.74) is 10.1. The third kappa shape index (κ3) is 6.48. The Morgan fingerprint density at radius 3 is 1.47 bits per heavy atom. The van der Waals surface area contributed by atoms with E-state index < -0.39 is 35.8 Å². The van der Waals surface area contributed by atoms with Crippen LogP contribution in [0, 0.1) is 0 Å². The van der Waals surface area contributed by atoms with Crippen molar-refractivity contribution in [3.8, 4) is 0 Å². The lowest BCUT2D eigenvalue weighted by Gasteiger charge is -2.15. The highest BCUT2D eigenvalue weighted by Gasteiger charge is 2.23. The van der Waals surface area contributed by atoms with Crippen molar-refractivity contribution in [1.82, 2.24) is 10.6 Å². The van der Waals surface area contributed by atoms with Crippen LogP contribution >= 0.6 is 0 Å². The van der Waals surface area contributed by atoms with Gasteiger partial charge in [-0.3, -0.25) is 9.59 Å². The molecule has 0 spiro atoms. The van der Waals surface area contributed by atoms with Crippen molar-refractivity contribution < 1.29 is 23.9 Å². The van der Waals surface area contributed by atoms with Crippen LogP contribution in [-0.2, 0) is 23.9 Å². The van der Waals surface area contributed by atoms with Crippen LogP contribution in [0.4, 0.5) is 0 Å². The Balaban J connectivity index is 4.28. The maximum absolute atomic E-state index is 11.4. The molecule has 0 fully saturated rings. The fourth-order valence-corrected chi connectivity index (χ4v) is 0.995. The van der Waals surface area contributed by atoms with Crippen molar-refractivity contribution in [2.75, 3.05) is 13.1 Å². The molecule has 0 heterocycles. The largest absolute Gasteiger partial charge is 0.390 e. The quantitative estimate of drug-likeness (QED) is 0.297. The second kappa shape index (κ2) is 8.16. The first-order valence-corrected chi connectivity index (χ1v) is 5.56. The maximum atomic E-state index is 11.4. The molecule has 19 heavy (non-hydrogen) atoms. The molecule has 2 amide bonds. The zero-order chi connectivity index (χ0) is 15.0. The molecule has 0 aromatic rings. The summed E-state index contributed by atoms with van der Waals surface area (Å²) in [5, 5.41) is 4.46. The minimum Gasteiger partial charge on any atom is -0.390 e. The third-order valence-corrected chi connectivity index (χ3v) is 2.03. The molecule has 0 unspecified atom stereocenters. The molecule has 0 saturated carbocycles. The number of esters is 2. The third-order valence-electron chi connectivity index (χ3n) is 2.03. The van der Waals surface area contributed by atoms with Crippen LogP contribution in [-0.4, -0.2) is 48.9 Å². The summed E-state index contributed by atoms with van der Waals surface area (Å²) in [6, 6.07) is -2.03. The van der Waals surface area contributed by atoms with Gasteiger partial charge < -0.3 is 26.8 Å². The van der Waals surface area contributed by atoms with Crippen LogP contribution in [0.5, 0.6) is 0 Å². The first-order valence-electron chi connectivity index (χ1n) is 5.56. The van der Waals surface area contributed by atoms with Crippen molar-refractivity contribution >= 4 is 23.8 Å². The summed E-state index contributed by atoms with van der Waals surface area (Å²) >= 11 is 0. The van der Waals surface area contributed by atoms with Gasteiger partial charge >= 0.3 is 11.9 Å². The molecule has 0 aliphatic heterocycles. The number of nitrogens with two attached hydrogens (primary N) is 2. The van der Waals surface area contributed by atoms with E-state index in [1.54, 1.807) is 0 Å². The smallest absolute Gasteiger partial charge is 0.336 e. The van der Waals surface area contributed by atoms with Gasteiger partial charge in [-0.25, -0.2) is 9.59 Å². The Kier molecular flexibility index (Phi) is 7.30. The molecule has 9 heteroatoms. The summed E-state index contributed by atoms with van der Waals surface area (Å²) in [6.45, 7) is 2.11. The van der Waals surface area contributed by atoms with Gasteiger partial charge in [-0.1, -0.05) is 0 Å². The Bertz CT molecular complexity index is 337. The molecule has 0 aromatic heterocycles. The van der Waals surface area contributed by atoms with E-state index in [4.69, 9.17) is 11.5 Å². The lowest BCUT2D eigenvalue weighted by molar-refractivity contribution is -0.163. The second-order valence-electron chi connectivity index (χ2n) is 3.73. The number of nitrogens with one attached hydrogen (secondary N) is 2. The van der Waals surface area contributed by atoms with Gasteiger partial charge in [0, 0.05) is 0 Å². The molecule has 9 nitrogen and oxygen atoms in total. The first-order chi connectivity index (χ1) is 8.81. The van der Waals surface area contributed by atoms with E-state index in [0.717, 1.165) is 0 Å². The van der Waals surface area contributed by atoms with Crippen LogP contribution in [0.2, 0.25) is 0 Å². The maximum Gasteiger partial charge on any atom is 0.336 e. The highest BCUT2D eigenvalue weighted by atomic mass is 16.6. The van der Waals surface area contributed by atoms with Gasteiger partial charge in [-0.15, -0.1) is 0 Å². The van der Waals surface area contributed by atoms with E-state index in [9.17, 15) is 19.2 Å². The van der Waals surface area contributed by atoms with Crippen molar-refractivity contribution in [2.45, 2.75) is 25.9 Å². The number of hydrogen-bond acceptors (Lipinski definition) is 7. The molecular formula is C10H18N4O5. The van der Waals surface area contributed by atoms with E-state index in [1.165, 1.54) is 13.8 Å². The zero-order valence-corrected chi connectivity index (χ0v) is 10.8. The Labute approximate surface area is 110 Å². The van der Waals surface area contributed by atoms with E-state index in [1.807, 2.05) is 0 Å².